The van der Waals surface area contributed by atoms with Gasteiger partial charge in [0.2, 0.25) is 0 Å². The molecule has 1 fully saturated rings. The third kappa shape index (κ3) is 2.86. The number of nitrogens with zero attached hydrogens (tertiary/aromatic N) is 1. The monoisotopic (exact) mass is 312 g/mol. The van der Waals surface area contributed by atoms with Crippen molar-refractivity contribution in [3.63, 3.8) is 0 Å². The number of carbonyl (C=O) groups excluding carboxylic acids is 2. The second-order valence-corrected chi connectivity index (χ2v) is 5.83. The van der Waals surface area contributed by atoms with Crippen LogP contribution in [0.2, 0.25) is 0 Å². The highest BCUT2D eigenvalue weighted by molar-refractivity contribution is 5.96. The molecule has 5 heteroatoms. The smallest absolute Gasteiger partial charge is 0.354 e. The van der Waals surface area contributed by atoms with Crippen LogP contribution in [0.3, 0.4) is 0 Å². The molecule has 5 nitrogen and oxygen atoms in total. The van der Waals surface area contributed by atoms with Crippen LogP contribution in [0.4, 0.5) is 0 Å². The molecule has 2 aromatic rings. The molecule has 2 atom stereocenters. The SMILES string of the molecule is COC(=O)c1ccc(C(=O)N[C@@H]2CC[C@@H]2c2ccccc2)n1C. The molecular weight excluding hydrogens is 292 g/mol. The zero-order chi connectivity index (χ0) is 16.4. The van der Waals surface area contributed by atoms with Gasteiger partial charge in [-0.2, -0.15) is 0 Å². The first-order valence-corrected chi connectivity index (χ1v) is 7.71. The van der Waals surface area contributed by atoms with Gasteiger partial charge in [0.15, 0.2) is 0 Å². The molecule has 1 heterocycles. The number of hydrogen-bond acceptors (Lipinski definition) is 3. The number of esters is 1. The highest BCUT2D eigenvalue weighted by atomic mass is 16.5. The summed E-state index contributed by atoms with van der Waals surface area (Å²) in [6.45, 7) is 0. The summed E-state index contributed by atoms with van der Waals surface area (Å²) in [6.07, 6.45) is 2.05. The van der Waals surface area contributed by atoms with Gasteiger partial charge < -0.3 is 14.6 Å². The molecule has 1 aliphatic carbocycles. The number of rotatable bonds is 4. The van der Waals surface area contributed by atoms with E-state index in [1.807, 2.05) is 18.2 Å². The summed E-state index contributed by atoms with van der Waals surface area (Å²) < 4.78 is 6.27. The Morgan fingerprint density at radius 3 is 2.39 bits per heavy atom. The zero-order valence-electron chi connectivity index (χ0n) is 13.3. The molecule has 1 aromatic heterocycles. The molecular formula is C18H20N2O3. The molecule has 120 valence electrons. The minimum atomic E-state index is -0.447. The van der Waals surface area contributed by atoms with E-state index in [1.165, 1.54) is 12.7 Å². The van der Waals surface area contributed by atoms with Crippen LogP contribution in [0, 0.1) is 0 Å². The topological polar surface area (TPSA) is 60.3 Å². The van der Waals surface area contributed by atoms with Gasteiger partial charge in [0.1, 0.15) is 11.4 Å². The van der Waals surface area contributed by atoms with Gasteiger partial charge >= 0.3 is 5.97 Å². The molecule has 0 aliphatic heterocycles. The summed E-state index contributed by atoms with van der Waals surface area (Å²) in [4.78, 5) is 24.1. The van der Waals surface area contributed by atoms with E-state index >= 15 is 0 Å². The van der Waals surface area contributed by atoms with Gasteiger partial charge in [-0.1, -0.05) is 30.3 Å². The van der Waals surface area contributed by atoms with E-state index in [-0.39, 0.29) is 11.9 Å². The van der Waals surface area contributed by atoms with Gasteiger partial charge in [-0.05, 0) is 30.5 Å². The average molecular weight is 312 g/mol. The number of methoxy groups -OCH3 is 1. The Morgan fingerprint density at radius 1 is 1.09 bits per heavy atom. The first-order chi connectivity index (χ1) is 11.1. The maximum Gasteiger partial charge on any atom is 0.354 e. The van der Waals surface area contributed by atoms with Crippen LogP contribution in [0.5, 0.6) is 0 Å². The molecule has 1 N–H and O–H groups in total. The molecule has 0 saturated heterocycles. The standard InChI is InChI=1S/C18H20N2O3/c1-20-15(10-11-16(20)18(22)23-2)17(21)19-14-9-8-13(14)12-6-4-3-5-7-12/h3-7,10-11,13-14H,8-9H2,1-2H3,(H,19,21)/t13-,14-/m1/s1. The van der Waals surface area contributed by atoms with Crippen molar-refractivity contribution >= 4 is 11.9 Å². The maximum absolute atomic E-state index is 12.5. The van der Waals surface area contributed by atoms with Gasteiger partial charge in [0.05, 0.1) is 7.11 Å². The van der Waals surface area contributed by atoms with Crippen molar-refractivity contribution in [2.75, 3.05) is 7.11 Å². The molecule has 1 aliphatic rings. The first kappa shape index (κ1) is 15.3. The number of carbonyl (C=O) groups is 2. The first-order valence-electron chi connectivity index (χ1n) is 7.71. The Bertz CT molecular complexity index is 721. The second kappa shape index (κ2) is 6.28. The quantitative estimate of drug-likeness (QED) is 0.882. The average Bonchev–Trinajstić information content (AvgIpc) is 2.93. The lowest BCUT2D eigenvalue weighted by Crippen LogP contribution is -2.45. The summed E-state index contributed by atoms with van der Waals surface area (Å²) in [6, 6.07) is 13.6. The van der Waals surface area contributed by atoms with E-state index in [2.05, 4.69) is 17.4 Å². The van der Waals surface area contributed by atoms with Crippen LogP contribution in [0.25, 0.3) is 0 Å². The molecule has 1 amide bonds. The molecule has 3 rings (SSSR count). The normalized spacial score (nSPS) is 19.7. The van der Waals surface area contributed by atoms with Crippen molar-refractivity contribution in [1.82, 2.24) is 9.88 Å². The van der Waals surface area contributed by atoms with Gasteiger partial charge in [-0.15, -0.1) is 0 Å². The molecule has 23 heavy (non-hydrogen) atoms. The van der Waals surface area contributed by atoms with Gasteiger partial charge in [-0.3, -0.25) is 4.79 Å². The number of ether oxygens (including phenoxy) is 1. The highest BCUT2D eigenvalue weighted by Crippen LogP contribution is 2.36. The third-order valence-electron chi connectivity index (χ3n) is 4.57. The van der Waals surface area contributed by atoms with E-state index in [9.17, 15) is 9.59 Å². The van der Waals surface area contributed by atoms with E-state index in [4.69, 9.17) is 4.74 Å². The summed E-state index contributed by atoms with van der Waals surface area (Å²) in [7, 11) is 3.02. The Balaban J connectivity index is 1.71. The van der Waals surface area contributed by atoms with Crippen LogP contribution in [0.1, 0.15) is 45.3 Å². The Hall–Kier alpha value is -2.56. The Labute approximate surface area is 135 Å². The summed E-state index contributed by atoms with van der Waals surface area (Å²) >= 11 is 0. The second-order valence-electron chi connectivity index (χ2n) is 5.83. The minimum Gasteiger partial charge on any atom is -0.464 e. The van der Waals surface area contributed by atoms with Crippen molar-refractivity contribution < 1.29 is 14.3 Å². The van der Waals surface area contributed by atoms with Crippen LogP contribution in [-0.4, -0.2) is 29.6 Å². The van der Waals surface area contributed by atoms with Gasteiger partial charge in [0.25, 0.3) is 5.91 Å². The third-order valence-corrected chi connectivity index (χ3v) is 4.57. The lowest BCUT2D eigenvalue weighted by molar-refractivity contribution is 0.0589. The van der Waals surface area contributed by atoms with Gasteiger partial charge in [0, 0.05) is 19.0 Å². The zero-order valence-corrected chi connectivity index (χ0v) is 13.3. The number of nitrogens with one attached hydrogen (secondary N) is 1. The predicted molar refractivity (Wildman–Crippen MR) is 86.4 cm³/mol. The molecule has 1 saturated carbocycles. The number of benzene rings is 1. The largest absolute Gasteiger partial charge is 0.464 e. The summed E-state index contributed by atoms with van der Waals surface area (Å²) in [5.74, 6) is -0.244. The number of amides is 1. The Morgan fingerprint density at radius 2 is 1.78 bits per heavy atom. The molecule has 0 unspecified atom stereocenters. The van der Waals surface area contributed by atoms with Crippen LogP contribution in [-0.2, 0) is 11.8 Å². The fourth-order valence-corrected chi connectivity index (χ4v) is 3.06. The molecule has 0 radical (unpaired) electrons. The minimum absolute atomic E-state index is 0.140. The van der Waals surface area contributed by atoms with E-state index < -0.39 is 5.97 Å². The van der Waals surface area contributed by atoms with Crippen LogP contribution in [0.15, 0.2) is 42.5 Å². The fraction of sp³-hybridized carbons (Fsp3) is 0.333. The fourth-order valence-electron chi connectivity index (χ4n) is 3.06. The van der Waals surface area contributed by atoms with E-state index in [1.54, 1.807) is 23.7 Å². The van der Waals surface area contributed by atoms with Crippen LogP contribution >= 0.6 is 0 Å². The lowest BCUT2D eigenvalue weighted by atomic mass is 9.75. The van der Waals surface area contributed by atoms with Crippen molar-refractivity contribution in [3.05, 3.63) is 59.4 Å². The molecule has 0 spiro atoms. The number of aromatic nitrogens is 1. The summed E-state index contributed by atoms with van der Waals surface area (Å²) in [5, 5.41) is 3.08. The van der Waals surface area contributed by atoms with Crippen molar-refractivity contribution in [1.29, 1.82) is 0 Å². The van der Waals surface area contributed by atoms with Crippen molar-refractivity contribution in [2.24, 2.45) is 7.05 Å². The number of hydrogen-bond donors (Lipinski definition) is 1. The molecule has 1 aromatic carbocycles. The maximum atomic E-state index is 12.5. The van der Waals surface area contributed by atoms with E-state index in [0.717, 1.165) is 12.8 Å². The lowest BCUT2D eigenvalue weighted by Gasteiger charge is -2.37. The van der Waals surface area contributed by atoms with Crippen LogP contribution < -0.4 is 5.32 Å². The van der Waals surface area contributed by atoms with Crippen molar-refractivity contribution in [2.45, 2.75) is 24.8 Å². The predicted octanol–water partition coefficient (Wildman–Crippen LogP) is 2.49. The highest BCUT2D eigenvalue weighted by Gasteiger charge is 2.33. The molecule has 0 bridgehead atoms. The van der Waals surface area contributed by atoms with E-state index in [0.29, 0.717) is 17.3 Å². The van der Waals surface area contributed by atoms with Gasteiger partial charge in [-0.25, -0.2) is 4.79 Å². The Kier molecular flexibility index (Phi) is 4.19. The summed E-state index contributed by atoms with van der Waals surface area (Å²) in [5.41, 5.74) is 2.08. The van der Waals surface area contributed by atoms with Crippen molar-refractivity contribution in [3.8, 4) is 0 Å².